The van der Waals surface area contributed by atoms with Crippen molar-refractivity contribution in [3.05, 3.63) is 111 Å². The standard InChI is InChI=1S/C37H44N4O3S/c1-24(14-15-26-16-17-31(33(42)20-26)38-22-27-9-6-12-30(19-27)37(3,4)5)39-34(43)28-10-7-11-29(21-28)36(44)41-18-8-13-32(41)35-40-25(2)23-45-35/h6-7,9-12,16-17,19-21,23-24,32,38,42H,8,13-15,18,22H2,1-5H3,(H,39,43)/t24-,32+/m0/s1. The van der Waals surface area contributed by atoms with Gasteiger partial charge in [-0.05, 0) is 92.0 Å². The SMILES string of the molecule is Cc1csc([C@H]2CCCN2C(=O)c2cccc(C(=O)N[C@@H](C)CCc3ccc(NCc4cccc(C(C)(C)C)c4)c(O)c3)c2)n1. The summed E-state index contributed by atoms with van der Waals surface area (Å²) in [6.07, 6.45) is 3.25. The van der Waals surface area contributed by atoms with Gasteiger partial charge in [0.2, 0.25) is 0 Å². The Bertz CT molecular complexity index is 1660. The molecule has 2 heterocycles. The molecule has 0 spiro atoms. The number of nitrogens with zero attached hydrogens (tertiary/aromatic N) is 2. The zero-order chi connectivity index (χ0) is 32.1. The number of anilines is 1. The summed E-state index contributed by atoms with van der Waals surface area (Å²) in [5.74, 6) is -0.0595. The molecule has 0 bridgehead atoms. The molecule has 7 nitrogen and oxygen atoms in total. The predicted octanol–water partition coefficient (Wildman–Crippen LogP) is 7.80. The smallest absolute Gasteiger partial charge is 0.254 e. The monoisotopic (exact) mass is 624 g/mol. The van der Waals surface area contributed by atoms with Crippen LogP contribution in [0.4, 0.5) is 5.69 Å². The lowest BCUT2D eigenvalue weighted by Crippen LogP contribution is -2.33. The number of phenols is 1. The quantitative estimate of drug-likeness (QED) is 0.157. The summed E-state index contributed by atoms with van der Waals surface area (Å²) >= 11 is 1.60. The van der Waals surface area contributed by atoms with Crippen molar-refractivity contribution in [1.82, 2.24) is 15.2 Å². The third kappa shape index (κ3) is 8.11. The maximum atomic E-state index is 13.5. The normalized spacial score (nSPS) is 15.6. The summed E-state index contributed by atoms with van der Waals surface area (Å²) in [6, 6.07) is 21.1. The van der Waals surface area contributed by atoms with E-state index >= 15 is 0 Å². The van der Waals surface area contributed by atoms with Crippen molar-refractivity contribution < 1.29 is 14.7 Å². The summed E-state index contributed by atoms with van der Waals surface area (Å²) in [7, 11) is 0. The second kappa shape index (κ2) is 13.9. The van der Waals surface area contributed by atoms with Gasteiger partial charge in [-0.1, -0.05) is 57.2 Å². The van der Waals surface area contributed by atoms with Crippen LogP contribution in [0.3, 0.4) is 0 Å². The van der Waals surface area contributed by atoms with Crippen LogP contribution in [0.15, 0.2) is 72.1 Å². The third-order valence-corrected chi connectivity index (χ3v) is 9.45. The molecule has 1 saturated heterocycles. The van der Waals surface area contributed by atoms with Gasteiger partial charge in [0, 0.05) is 41.3 Å². The summed E-state index contributed by atoms with van der Waals surface area (Å²) in [5, 5.41) is 20.1. The molecule has 2 atom stereocenters. The van der Waals surface area contributed by atoms with Gasteiger partial charge in [0.15, 0.2) is 0 Å². The first kappa shape index (κ1) is 32.2. The number of benzene rings is 3. The van der Waals surface area contributed by atoms with Gasteiger partial charge in [0.25, 0.3) is 11.8 Å². The van der Waals surface area contributed by atoms with Crippen LogP contribution in [0, 0.1) is 6.92 Å². The van der Waals surface area contributed by atoms with Crippen LogP contribution in [0.1, 0.15) is 101 Å². The molecule has 5 rings (SSSR count). The van der Waals surface area contributed by atoms with Gasteiger partial charge in [-0.25, -0.2) is 4.98 Å². The van der Waals surface area contributed by atoms with Crippen LogP contribution < -0.4 is 10.6 Å². The molecule has 0 radical (unpaired) electrons. The van der Waals surface area contributed by atoms with E-state index in [1.807, 2.05) is 36.3 Å². The predicted molar refractivity (Wildman–Crippen MR) is 182 cm³/mol. The minimum absolute atomic E-state index is 0.0107. The summed E-state index contributed by atoms with van der Waals surface area (Å²) in [4.78, 5) is 33.1. The van der Waals surface area contributed by atoms with E-state index in [2.05, 4.69) is 60.7 Å². The van der Waals surface area contributed by atoms with Crippen molar-refractivity contribution in [2.75, 3.05) is 11.9 Å². The highest BCUT2D eigenvalue weighted by Gasteiger charge is 2.32. The number of amides is 2. The third-order valence-electron chi connectivity index (χ3n) is 8.39. The number of likely N-dealkylation sites (tertiary alicyclic amines) is 1. The highest BCUT2D eigenvalue weighted by atomic mass is 32.1. The number of rotatable bonds is 10. The van der Waals surface area contributed by atoms with E-state index in [1.54, 1.807) is 41.7 Å². The van der Waals surface area contributed by atoms with E-state index < -0.39 is 0 Å². The molecule has 3 aromatic carbocycles. The highest BCUT2D eigenvalue weighted by molar-refractivity contribution is 7.09. The van der Waals surface area contributed by atoms with Gasteiger partial charge in [-0.2, -0.15) is 0 Å². The van der Waals surface area contributed by atoms with Crippen molar-refractivity contribution in [3.8, 4) is 5.75 Å². The molecular formula is C37H44N4O3S. The van der Waals surface area contributed by atoms with E-state index in [9.17, 15) is 14.7 Å². The van der Waals surface area contributed by atoms with E-state index in [-0.39, 0.29) is 35.1 Å². The second-order valence-corrected chi connectivity index (χ2v) is 14.0. The van der Waals surface area contributed by atoms with Crippen LogP contribution in [0.2, 0.25) is 0 Å². The fourth-order valence-corrected chi connectivity index (χ4v) is 6.68. The van der Waals surface area contributed by atoms with Gasteiger partial charge in [0.1, 0.15) is 10.8 Å². The molecule has 0 aliphatic carbocycles. The summed E-state index contributed by atoms with van der Waals surface area (Å²) < 4.78 is 0. The second-order valence-electron chi connectivity index (χ2n) is 13.1. The molecule has 1 aliphatic heterocycles. The maximum Gasteiger partial charge on any atom is 0.254 e. The first-order valence-electron chi connectivity index (χ1n) is 15.8. The Hall–Kier alpha value is -4.17. The fraction of sp³-hybridized carbons (Fsp3) is 0.378. The number of carbonyl (C=O) groups excluding carboxylic acids is 2. The highest BCUT2D eigenvalue weighted by Crippen LogP contribution is 2.35. The summed E-state index contributed by atoms with van der Waals surface area (Å²) in [5.41, 5.74) is 6.17. The molecule has 3 N–H and O–H groups in total. The number of aromatic hydroxyl groups is 1. The van der Waals surface area contributed by atoms with Gasteiger partial charge < -0.3 is 20.6 Å². The minimum atomic E-state index is -0.205. The van der Waals surface area contributed by atoms with E-state index in [0.29, 0.717) is 42.7 Å². The number of hydrogen-bond donors (Lipinski definition) is 3. The molecule has 0 saturated carbocycles. The Labute approximate surface area is 270 Å². The van der Waals surface area contributed by atoms with Crippen molar-refractivity contribution in [2.45, 2.75) is 84.3 Å². The van der Waals surface area contributed by atoms with Crippen LogP contribution in [-0.2, 0) is 18.4 Å². The molecule has 2 amide bonds. The lowest BCUT2D eigenvalue weighted by atomic mass is 9.86. The van der Waals surface area contributed by atoms with Crippen LogP contribution >= 0.6 is 11.3 Å². The zero-order valence-electron chi connectivity index (χ0n) is 26.9. The molecule has 4 aromatic rings. The topological polar surface area (TPSA) is 94.6 Å². The average molecular weight is 625 g/mol. The van der Waals surface area contributed by atoms with Crippen LogP contribution in [0.5, 0.6) is 5.75 Å². The number of aromatic nitrogens is 1. The largest absolute Gasteiger partial charge is 0.506 e. The van der Waals surface area contributed by atoms with E-state index in [1.165, 1.54) is 5.56 Å². The summed E-state index contributed by atoms with van der Waals surface area (Å²) in [6.45, 7) is 11.9. The van der Waals surface area contributed by atoms with Crippen LogP contribution in [0.25, 0.3) is 0 Å². The molecular weight excluding hydrogens is 580 g/mol. The Morgan fingerprint density at radius 3 is 2.56 bits per heavy atom. The van der Waals surface area contributed by atoms with Crippen molar-refractivity contribution in [1.29, 1.82) is 0 Å². The lowest BCUT2D eigenvalue weighted by Gasteiger charge is -2.23. The van der Waals surface area contributed by atoms with Crippen molar-refractivity contribution in [2.24, 2.45) is 0 Å². The fourth-order valence-electron chi connectivity index (χ4n) is 5.74. The van der Waals surface area contributed by atoms with Gasteiger partial charge >= 0.3 is 0 Å². The first-order chi connectivity index (χ1) is 21.5. The Morgan fingerprint density at radius 1 is 1.04 bits per heavy atom. The van der Waals surface area contributed by atoms with Crippen molar-refractivity contribution in [3.63, 3.8) is 0 Å². The number of phenolic OH excluding ortho intramolecular Hbond substituents is 1. The molecule has 1 aliphatic rings. The van der Waals surface area contributed by atoms with Gasteiger partial charge in [0.05, 0.1) is 11.7 Å². The minimum Gasteiger partial charge on any atom is -0.506 e. The maximum absolute atomic E-state index is 13.5. The molecule has 45 heavy (non-hydrogen) atoms. The molecule has 236 valence electrons. The first-order valence-corrected chi connectivity index (χ1v) is 16.6. The van der Waals surface area contributed by atoms with Gasteiger partial charge in [-0.15, -0.1) is 11.3 Å². The van der Waals surface area contributed by atoms with E-state index in [4.69, 9.17) is 0 Å². The average Bonchev–Trinajstić information content (AvgIpc) is 3.68. The molecule has 1 fully saturated rings. The Morgan fingerprint density at radius 2 is 1.82 bits per heavy atom. The molecule has 0 unspecified atom stereocenters. The number of aryl methyl sites for hydroxylation is 2. The molecule has 8 heteroatoms. The molecule has 1 aromatic heterocycles. The number of carbonyl (C=O) groups is 2. The number of thiazole rings is 1. The Balaban J connectivity index is 1.13. The van der Waals surface area contributed by atoms with Crippen LogP contribution in [-0.4, -0.2) is 39.4 Å². The lowest BCUT2D eigenvalue weighted by molar-refractivity contribution is 0.0735. The van der Waals surface area contributed by atoms with E-state index in [0.717, 1.165) is 34.7 Å². The zero-order valence-corrected chi connectivity index (χ0v) is 27.7. The number of nitrogens with one attached hydrogen (secondary N) is 2. The number of hydrogen-bond acceptors (Lipinski definition) is 6. The Kier molecular flexibility index (Phi) is 9.93. The van der Waals surface area contributed by atoms with Crippen molar-refractivity contribution >= 4 is 28.8 Å². The van der Waals surface area contributed by atoms with Gasteiger partial charge in [-0.3, -0.25) is 9.59 Å².